The molecule has 162 valence electrons. The van der Waals surface area contributed by atoms with Crippen molar-refractivity contribution in [2.24, 2.45) is 0 Å². The van der Waals surface area contributed by atoms with Crippen LogP contribution in [0.25, 0.3) is 0 Å². The number of hydrogen-bond donors (Lipinski definition) is 2. The SMILES string of the molecule is COc1cccc(C2CC(=O)C3=C(C2)Nc2ccccc2NC3c2ccc(Cl)cc2Cl)c1. The van der Waals surface area contributed by atoms with Crippen molar-refractivity contribution in [3.63, 3.8) is 0 Å². The zero-order chi connectivity index (χ0) is 22.2. The number of para-hydroxylation sites is 2. The van der Waals surface area contributed by atoms with Crippen LogP contribution >= 0.6 is 23.2 Å². The number of fused-ring (bicyclic) bond motifs is 1. The van der Waals surface area contributed by atoms with E-state index in [0.29, 0.717) is 22.9 Å². The van der Waals surface area contributed by atoms with Crippen LogP contribution < -0.4 is 15.4 Å². The molecule has 4 nitrogen and oxygen atoms in total. The van der Waals surface area contributed by atoms with E-state index in [-0.39, 0.29) is 17.7 Å². The average Bonchev–Trinajstić information content (AvgIpc) is 2.96. The zero-order valence-corrected chi connectivity index (χ0v) is 19.0. The minimum atomic E-state index is -0.371. The first kappa shape index (κ1) is 20.9. The van der Waals surface area contributed by atoms with Gasteiger partial charge in [0.1, 0.15) is 5.75 Å². The third-order valence-corrected chi connectivity index (χ3v) is 6.71. The Bertz CT molecular complexity index is 1240. The number of halogens is 2. The van der Waals surface area contributed by atoms with Crippen molar-refractivity contribution in [1.29, 1.82) is 0 Å². The van der Waals surface area contributed by atoms with Crippen LogP contribution in [0, 0.1) is 0 Å². The van der Waals surface area contributed by atoms with E-state index in [2.05, 4.69) is 16.7 Å². The molecule has 0 amide bonds. The predicted octanol–water partition coefficient (Wildman–Crippen LogP) is 6.98. The Hall–Kier alpha value is -2.95. The summed E-state index contributed by atoms with van der Waals surface area (Å²) in [5, 5.41) is 8.19. The fraction of sp³-hybridized carbons (Fsp3) is 0.192. The molecule has 0 bridgehead atoms. The average molecular weight is 465 g/mol. The molecule has 0 radical (unpaired) electrons. The largest absolute Gasteiger partial charge is 0.497 e. The van der Waals surface area contributed by atoms with E-state index in [4.69, 9.17) is 27.9 Å². The van der Waals surface area contributed by atoms with Crippen molar-refractivity contribution >= 4 is 40.4 Å². The van der Waals surface area contributed by atoms with Crippen molar-refractivity contribution in [1.82, 2.24) is 0 Å². The lowest BCUT2D eigenvalue weighted by atomic mass is 9.78. The van der Waals surface area contributed by atoms with Gasteiger partial charge in [0, 0.05) is 27.7 Å². The number of methoxy groups -OCH3 is 1. The second kappa shape index (κ2) is 8.53. The van der Waals surface area contributed by atoms with Crippen LogP contribution in [0.5, 0.6) is 5.75 Å². The second-order valence-corrected chi connectivity index (χ2v) is 8.95. The summed E-state index contributed by atoms with van der Waals surface area (Å²) in [4.78, 5) is 13.6. The molecular weight excluding hydrogens is 443 g/mol. The molecule has 1 aliphatic carbocycles. The second-order valence-electron chi connectivity index (χ2n) is 8.11. The zero-order valence-electron chi connectivity index (χ0n) is 17.5. The Labute approximate surface area is 197 Å². The van der Waals surface area contributed by atoms with Crippen LogP contribution in [-0.4, -0.2) is 12.9 Å². The van der Waals surface area contributed by atoms with Crippen LogP contribution in [-0.2, 0) is 4.79 Å². The maximum atomic E-state index is 13.6. The number of Topliss-reactive ketones (excluding diaryl/α,β-unsaturated/α-hetero) is 1. The Morgan fingerprint density at radius 1 is 0.938 bits per heavy atom. The summed E-state index contributed by atoms with van der Waals surface area (Å²) < 4.78 is 5.40. The van der Waals surface area contributed by atoms with Crippen LogP contribution in [0.1, 0.15) is 35.9 Å². The van der Waals surface area contributed by atoms with Gasteiger partial charge in [-0.25, -0.2) is 0 Å². The van der Waals surface area contributed by atoms with E-state index in [1.54, 1.807) is 19.2 Å². The number of carbonyl (C=O) groups is 1. The number of nitrogens with one attached hydrogen (secondary N) is 2. The number of carbonyl (C=O) groups excluding carboxylic acids is 1. The van der Waals surface area contributed by atoms with Crippen LogP contribution in [0.3, 0.4) is 0 Å². The fourth-order valence-electron chi connectivity index (χ4n) is 4.59. The predicted molar refractivity (Wildman–Crippen MR) is 130 cm³/mol. The lowest BCUT2D eigenvalue weighted by Crippen LogP contribution is -2.27. The molecule has 0 aromatic heterocycles. The van der Waals surface area contributed by atoms with Crippen LogP contribution in [0.2, 0.25) is 10.0 Å². The summed E-state index contributed by atoms with van der Waals surface area (Å²) in [5.74, 6) is 0.958. The highest BCUT2D eigenvalue weighted by molar-refractivity contribution is 6.35. The highest BCUT2D eigenvalue weighted by Gasteiger charge is 2.36. The summed E-state index contributed by atoms with van der Waals surface area (Å²) in [6.07, 6.45) is 1.14. The molecule has 0 saturated heterocycles. The summed E-state index contributed by atoms with van der Waals surface area (Å²) in [7, 11) is 1.65. The summed E-state index contributed by atoms with van der Waals surface area (Å²) in [6.45, 7) is 0. The first-order chi connectivity index (χ1) is 15.5. The van der Waals surface area contributed by atoms with Gasteiger partial charge >= 0.3 is 0 Å². The molecule has 3 aromatic carbocycles. The van der Waals surface area contributed by atoms with Crippen molar-refractivity contribution < 1.29 is 9.53 Å². The minimum Gasteiger partial charge on any atom is -0.497 e. The third kappa shape index (κ3) is 3.85. The lowest BCUT2D eigenvalue weighted by molar-refractivity contribution is -0.116. The monoisotopic (exact) mass is 464 g/mol. The van der Waals surface area contributed by atoms with Gasteiger partial charge in [-0.05, 0) is 59.9 Å². The van der Waals surface area contributed by atoms with Gasteiger partial charge in [0.25, 0.3) is 0 Å². The van der Waals surface area contributed by atoms with Gasteiger partial charge in [0.15, 0.2) is 5.78 Å². The Kier molecular flexibility index (Phi) is 5.58. The van der Waals surface area contributed by atoms with Gasteiger partial charge in [-0.1, -0.05) is 53.5 Å². The van der Waals surface area contributed by atoms with Gasteiger partial charge in [-0.15, -0.1) is 0 Å². The van der Waals surface area contributed by atoms with Gasteiger partial charge in [0.2, 0.25) is 0 Å². The molecule has 3 aromatic rings. The van der Waals surface area contributed by atoms with Gasteiger partial charge in [-0.2, -0.15) is 0 Å². The molecule has 1 heterocycles. The first-order valence-electron chi connectivity index (χ1n) is 10.5. The summed E-state index contributed by atoms with van der Waals surface area (Å²) in [6, 6.07) is 21.0. The maximum Gasteiger partial charge on any atom is 0.163 e. The standard InChI is InChI=1S/C26H22Cl2N2O2/c1-32-18-6-4-5-15(11-18)16-12-23-25(24(31)13-16)26(19-10-9-17(27)14-20(19)28)30-22-8-3-2-7-21(22)29-23/h2-11,14,16,26,29-30H,12-13H2,1H3. The number of anilines is 2. The van der Waals surface area contributed by atoms with Crippen molar-refractivity contribution in [3.05, 3.63) is 99.2 Å². The topological polar surface area (TPSA) is 50.4 Å². The fourth-order valence-corrected chi connectivity index (χ4v) is 5.11. The van der Waals surface area contributed by atoms with E-state index in [1.807, 2.05) is 48.5 Å². The van der Waals surface area contributed by atoms with Gasteiger partial charge in [-0.3, -0.25) is 4.79 Å². The van der Waals surface area contributed by atoms with E-state index in [1.165, 1.54) is 0 Å². The number of hydrogen-bond acceptors (Lipinski definition) is 4. The molecule has 5 rings (SSSR count). The molecule has 2 atom stereocenters. The Morgan fingerprint density at radius 2 is 1.75 bits per heavy atom. The molecule has 0 spiro atoms. The van der Waals surface area contributed by atoms with Crippen LogP contribution in [0.15, 0.2) is 78.0 Å². The Balaban J connectivity index is 1.61. The normalized spacial score (nSPS) is 19.9. The van der Waals surface area contributed by atoms with Crippen LogP contribution in [0.4, 0.5) is 11.4 Å². The molecule has 2 aliphatic rings. The molecular formula is C26H22Cl2N2O2. The van der Waals surface area contributed by atoms with E-state index in [0.717, 1.165) is 39.5 Å². The lowest BCUT2D eigenvalue weighted by Gasteiger charge is -2.30. The number of benzene rings is 3. The van der Waals surface area contributed by atoms with E-state index < -0.39 is 0 Å². The number of ketones is 1. The molecule has 2 unspecified atom stereocenters. The van der Waals surface area contributed by atoms with Crippen molar-refractivity contribution in [3.8, 4) is 5.75 Å². The summed E-state index contributed by atoms with van der Waals surface area (Å²) >= 11 is 12.7. The highest BCUT2D eigenvalue weighted by atomic mass is 35.5. The molecule has 6 heteroatoms. The molecule has 1 aliphatic heterocycles. The molecule has 0 fully saturated rings. The molecule has 2 N–H and O–H groups in total. The third-order valence-electron chi connectivity index (χ3n) is 6.15. The molecule has 32 heavy (non-hydrogen) atoms. The molecule has 0 saturated carbocycles. The number of rotatable bonds is 3. The highest BCUT2D eigenvalue weighted by Crippen LogP contribution is 2.45. The van der Waals surface area contributed by atoms with E-state index >= 15 is 0 Å². The number of allylic oxidation sites excluding steroid dienone is 1. The first-order valence-corrected chi connectivity index (χ1v) is 11.3. The summed E-state index contributed by atoms with van der Waals surface area (Å²) in [5.41, 5.74) is 5.43. The quantitative estimate of drug-likeness (QED) is 0.438. The number of ether oxygens (including phenoxy) is 1. The Morgan fingerprint density at radius 3 is 2.53 bits per heavy atom. The van der Waals surface area contributed by atoms with Gasteiger partial charge < -0.3 is 15.4 Å². The van der Waals surface area contributed by atoms with Gasteiger partial charge in [0.05, 0.1) is 24.5 Å². The maximum absolute atomic E-state index is 13.6. The van der Waals surface area contributed by atoms with Crippen molar-refractivity contribution in [2.75, 3.05) is 17.7 Å². The smallest absolute Gasteiger partial charge is 0.163 e. The van der Waals surface area contributed by atoms with E-state index in [9.17, 15) is 4.79 Å². The van der Waals surface area contributed by atoms with Crippen molar-refractivity contribution in [2.45, 2.75) is 24.8 Å². The minimum absolute atomic E-state index is 0.0652.